The molecule has 152 valence electrons. The third kappa shape index (κ3) is 5.02. The summed E-state index contributed by atoms with van der Waals surface area (Å²) < 4.78 is 10.9. The second kappa shape index (κ2) is 9.19. The smallest absolute Gasteiger partial charge is 0.234 e. The number of carbonyl (C=O) groups is 1. The van der Waals surface area contributed by atoms with E-state index in [0.29, 0.717) is 11.8 Å². The van der Waals surface area contributed by atoms with Crippen LogP contribution in [0.1, 0.15) is 6.92 Å². The highest BCUT2D eigenvalue weighted by molar-refractivity contribution is 7.99. The lowest BCUT2D eigenvalue weighted by atomic mass is 10.2. The molecule has 1 aliphatic heterocycles. The van der Waals surface area contributed by atoms with E-state index in [9.17, 15) is 4.79 Å². The lowest BCUT2D eigenvalue weighted by Gasteiger charge is -2.28. The molecule has 1 aromatic heterocycles. The quantitative estimate of drug-likeness (QED) is 0.578. The van der Waals surface area contributed by atoms with Gasteiger partial charge in [-0.15, -0.1) is 0 Å². The summed E-state index contributed by atoms with van der Waals surface area (Å²) in [6.07, 6.45) is 0. The Bertz CT molecular complexity index is 968. The Morgan fingerprint density at radius 1 is 1.24 bits per heavy atom. The largest absolute Gasteiger partial charge is 0.494 e. The van der Waals surface area contributed by atoms with Gasteiger partial charge in [-0.3, -0.25) is 4.79 Å². The van der Waals surface area contributed by atoms with Gasteiger partial charge in [-0.1, -0.05) is 11.8 Å². The fraction of sp³-hybridized carbons (Fsp3) is 0.333. The predicted octanol–water partition coefficient (Wildman–Crippen LogP) is 3.53. The van der Waals surface area contributed by atoms with Gasteiger partial charge < -0.3 is 24.7 Å². The lowest BCUT2D eigenvalue weighted by Crippen LogP contribution is -2.36. The number of benzene rings is 2. The zero-order valence-electron chi connectivity index (χ0n) is 16.3. The number of amides is 1. The number of thioether (sulfide) groups is 1. The minimum atomic E-state index is -0.0652. The third-order valence-electron chi connectivity index (χ3n) is 4.61. The van der Waals surface area contributed by atoms with Gasteiger partial charge in [0.05, 0.1) is 36.6 Å². The number of ether oxygens (including phenoxy) is 2. The SMILES string of the molecule is CCOc1ccc2nc(SCC(=O)Nc3ccc(N4CCOCC4)cc3)[nH]c2c1. The van der Waals surface area contributed by atoms with Crippen molar-refractivity contribution >= 4 is 40.1 Å². The van der Waals surface area contributed by atoms with E-state index in [2.05, 4.69) is 20.2 Å². The highest BCUT2D eigenvalue weighted by Crippen LogP contribution is 2.24. The first-order chi connectivity index (χ1) is 14.2. The van der Waals surface area contributed by atoms with Gasteiger partial charge in [0.25, 0.3) is 0 Å². The van der Waals surface area contributed by atoms with E-state index in [4.69, 9.17) is 9.47 Å². The van der Waals surface area contributed by atoms with Crippen LogP contribution in [0, 0.1) is 0 Å². The molecule has 1 aliphatic rings. The van der Waals surface area contributed by atoms with E-state index in [1.165, 1.54) is 11.8 Å². The van der Waals surface area contributed by atoms with Crippen molar-refractivity contribution in [2.24, 2.45) is 0 Å². The highest BCUT2D eigenvalue weighted by atomic mass is 32.2. The number of imidazole rings is 1. The molecule has 0 spiro atoms. The molecule has 8 heteroatoms. The summed E-state index contributed by atoms with van der Waals surface area (Å²) in [6.45, 7) is 5.87. The van der Waals surface area contributed by atoms with Gasteiger partial charge >= 0.3 is 0 Å². The number of carbonyl (C=O) groups excluding carboxylic acids is 1. The number of nitrogens with zero attached hydrogens (tertiary/aromatic N) is 2. The summed E-state index contributed by atoms with van der Waals surface area (Å²) in [7, 11) is 0. The average Bonchev–Trinajstić information content (AvgIpc) is 3.16. The first-order valence-corrected chi connectivity index (χ1v) is 10.7. The number of rotatable bonds is 7. The molecule has 4 rings (SSSR count). The van der Waals surface area contributed by atoms with Gasteiger partial charge in [0, 0.05) is 30.5 Å². The van der Waals surface area contributed by atoms with Crippen LogP contribution >= 0.6 is 11.8 Å². The summed E-state index contributed by atoms with van der Waals surface area (Å²) >= 11 is 1.38. The molecule has 2 N–H and O–H groups in total. The van der Waals surface area contributed by atoms with Crippen LogP contribution in [0.25, 0.3) is 11.0 Å². The Hall–Kier alpha value is -2.71. The summed E-state index contributed by atoms with van der Waals surface area (Å²) in [5.74, 6) is 1.02. The molecule has 0 unspecified atom stereocenters. The van der Waals surface area contributed by atoms with Gasteiger partial charge in [0.15, 0.2) is 5.16 Å². The van der Waals surface area contributed by atoms with Crippen LogP contribution in [0.3, 0.4) is 0 Å². The average molecular weight is 413 g/mol. The molecule has 29 heavy (non-hydrogen) atoms. The number of anilines is 2. The topological polar surface area (TPSA) is 79.5 Å². The summed E-state index contributed by atoms with van der Waals surface area (Å²) in [5.41, 5.74) is 3.69. The first-order valence-electron chi connectivity index (χ1n) is 9.69. The van der Waals surface area contributed by atoms with Crippen molar-refractivity contribution in [3.8, 4) is 5.75 Å². The molecule has 3 aromatic rings. The number of morpholine rings is 1. The molecule has 0 aliphatic carbocycles. The molecular formula is C21H24N4O3S. The van der Waals surface area contributed by atoms with Gasteiger partial charge in [0.2, 0.25) is 5.91 Å². The summed E-state index contributed by atoms with van der Waals surface area (Å²) in [6, 6.07) is 13.7. The van der Waals surface area contributed by atoms with Gasteiger partial charge in [-0.2, -0.15) is 0 Å². The Morgan fingerprint density at radius 2 is 2.03 bits per heavy atom. The van der Waals surface area contributed by atoms with Crippen LogP contribution in [0.15, 0.2) is 47.6 Å². The molecule has 0 bridgehead atoms. The van der Waals surface area contributed by atoms with E-state index < -0.39 is 0 Å². The molecule has 1 fully saturated rings. The maximum Gasteiger partial charge on any atom is 0.234 e. The summed E-state index contributed by atoms with van der Waals surface area (Å²) in [5, 5.41) is 3.65. The zero-order valence-corrected chi connectivity index (χ0v) is 17.1. The molecule has 0 radical (unpaired) electrons. The van der Waals surface area contributed by atoms with Crippen LogP contribution in [0.2, 0.25) is 0 Å². The second-order valence-electron chi connectivity index (χ2n) is 6.64. The normalized spacial score (nSPS) is 14.2. The van der Waals surface area contributed by atoms with Gasteiger partial charge in [0.1, 0.15) is 5.75 Å². The Labute approximate surface area is 173 Å². The van der Waals surface area contributed by atoms with Crippen LogP contribution < -0.4 is 15.0 Å². The van der Waals surface area contributed by atoms with Crippen molar-refractivity contribution < 1.29 is 14.3 Å². The van der Waals surface area contributed by atoms with Gasteiger partial charge in [-0.25, -0.2) is 4.98 Å². The minimum Gasteiger partial charge on any atom is -0.494 e. The van der Waals surface area contributed by atoms with E-state index in [1.807, 2.05) is 49.4 Å². The van der Waals surface area contributed by atoms with Crippen LogP contribution in [0.5, 0.6) is 5.75 Å². The molecule has 1 saturated heterocycles. The van der Waals surface area contributed by atoms with Crippen molar-refractivity contribution in [1.82, 2.24) is 9.97 Å². The number of fused-ring (bicyclic) bond motifs is 1. The van der Waals surface area contributed by atoms with E-state index in [1.54, 1.807) is 0 Å². The maximum atomic E-state index is 12.3. The molecule has 1 amide bonds. The number of aromatic amines is 1. The minimum absolute atomic E-state index is 0.0652. The number of hydrogen-bond donors (Lipinski definition) is 2. The lowest BCUT2D eigenvalue weighted by molar-refractivity contribution is -0.113. The van der Waals surface area contributed by atoms with Crippen molar-refractivity contribution in [3.63, 3.8) is 0 Å². The fourth-order valence-corrected chi connectivity index (χ4v) is 3.88. The first kappa shape index (κ1) is 19.6. The number of aromatic nitrogens is 2. The van der Waals surface area contributed by atoms with Crippen molar-refractivity contribution in [1.29, 1.82) is 0 Å². The number of nitrogens with one attached hydrogen (secondary N) is 2. The molecule has 2 aromatic carbocycles. The molecule has 2 heterocycles. The second-order valence-corrected chi connectivity index (χ2v) is 7.60. The Balaban J connectivity index is 1.31. The van der Waals surface area contributed by atoms with E-state index >= 15 is 0 Å². The van der Waals surface area contributed by atoms with Crippen LogP contribution in [-0.4, -0.2) is 54.5 Å². The standard InChI is InChI=1S/C21H24N4O3S/c1-2-28-17-7-8-18-19(13-17)24-21(23-18)29-14-20(26)22-15-3-5-16(6-4-15)25-9-11-27-12-10-25/h3-8,13H,2,9-12,14H2,1H3,(H,22,26)(H,23,24). The van der Waals surface area contributed by atoms with E-state index in [-0.39, 0.29) is 11.7 Å². The molecular weight excluding hydrogens is 388 g/mol. The predicted molar refractivity (Wildman–Crippen MR) is 116 cm³/mol. The summed E-state index contributed by atoms with van der Waals surface area (Å²) in [4.78, 5) is 22.3. The van der Waals surface area contributed by atoms with Crippen molar-refractivity contribution in [2.75, 3.05) is 48.9 Å². The van der Waals surface area contributed by atoms with Crippen molar-refractivity contribution in [2.45, 2.75) is 12.1 Å². The zero-order chi connectivity index (χ0) is 20.1. The number of hydrogen-bond acceptors (Lipinski definition) is 6. The maximum absolute atomic E-state index is 12.3. The Morgan fingerprint density at radius 3 is 2.79 bits per heavy atom. The Kier molecular flexibility index (Phi) is 6.21. The van der Waals surface area contributed by atoms with Gasteiger partial charge in [-0.05, 0) is 43.3 Å². The molecule has 0 atom stereocenters. The number of H-pyrrole nitrogens is 1. The van der Waals surface area contributed by atoms with Crippen LogP contribution in [-0.2, 0) is 9.53 Å². The highest BCUT2D eigenvalue weighted by Gasteiger charge is 2.12. The molecule has 0 saturated carbocycles. The van der Waals surface area contributed by atoms with Crippen LogP contribution in [0.4, 0.5) is 11.4 Å². The monoisotopic (exact) mass is 412 g/mol. The van der Waals surface area contributed by atoms with Crippen molar-refractivity contribution in [3.05, 3.63) is 42.5 Å². The fourth-order valence-electron chi connectivity index (χ4n) is 3.20. The molecule has 7 nitrogen and oxygen atoms in total. The van der Waals surface area contributed by atoms with E-state index in [0.717, 1.165) is 54.5 Å². The third-order valence-corrected chi connectivity index (χ3v) is 5.48.